The van der Waals surface area contributed by atoms with Crippen LogP contribution in [0.3, 0.4) is 0 Å². The van der Waals surface area contributed by atoms with Gasteiger partial charge < -0.3 is 15.5 Å². The normalized spacial score (nSPS) is 13.3. The molecule has 4 heteroatoms. The molecule has 0 aromatic heterocycles. The van der Waals surface area contributed by atoms with E-state index < -0.39 is 5.54 Å². The Labute approximate surface area is 122 Å². The van der Waals surface area contributed by atoms with Crippen LogP contribution in [0.2, 0.25) is 0 Å². The Bertz CT molecular complexity index is 415. The Morgan fingerprint density at radius 3 is 2.35 bits per heavy atom. The number of rotatable bonds is 7. The number of nitrogens with zero attached hydrogens (tertiary/aromatic N) is 1. The molecule has 1 aromatic rings. The summed E-state index contributed by atoms with van der Waals surface area (Å²) in [5.74, 6) is 0.0298. The van der Waals surface area contributed by atoms with Crippen LogP contribution in [-0.4, -0.2) is 43.5 Å². The molecule has 0 aliphatic heterocycles. The molecule has 0 aliphatic rings. The molecule has 1 atom stereocenters. The highest BCUT2D eigenvalue weighted by Gasteiger charge is 2.27. The second-order valence-corrected chi connectivity index (χ2v) is 5.76. The molecule has 0 bridgehead atoms. The lowest BCUT2D eigenvalue weighted by Gasteiger charge is -2.29. The highest BCUT2D eigenvalue weighted by Crippen LogP contribution is 2.17. The van der Waals surface area contributed by atoms with Crippen molar-refractivity contribution in [2.24, 2.45) is 0 Å². The topological polar surface area (TPSA) is 44.4 Å². The Morgan fingerprint density at radius 1 is 1.25 bits per heavy atom. The van der Waals surface area contributed by atoms with Gasteiger partial charge in [-0.05, 0) is 40.1 Å². The van der Waals surface area contributed by atoms with E-state index in [0.717, 1.165) is 6.54 Å². The maximum absolute atomic E-state index is 12.2. The molecule has 1 unspecified atom stereocenters. The summed E-state index contributed by atoms with van der Waals surface area (Å²) >= 11 is 0. The third kappa shape index (κ3) is 4.62. The number of nitrogens with one attached hydrogen (secondary N) is 2. The lowest BCUT2D eigenvalue weighted by Crippen LogP contribution is -2.53. The maximum atomic E-state index is 12.2. The average Bonchev–Trinajstić information content (AvgIpc) is 2.39. The van der Waals surface area contributed by atoms with E-state index in [2.05, 4.69) is 27.7 Å². The van der Waals surface area contributed by atoms with Gasteiger partial charge in [-0.25, -0.2) is 0 Å². The Morgan fingerprint density at radius 2 is 1.85 bits per heavy atom. The van der Waals surface area contributed by atoms with Crippen molar-refractivity contribution in [2.45, 2.75) is 32.4 Å². The van der Waals surface area contributed by atoms with Gasteiger partial charge in [0, 0.05) is 6.54 Å². The van der Waals surface area contributed by atoms with E-state index in [1.54, 1.807) is 0 Å². The summed E-state index contributed by atoms with van der Waals surface area (Å²) in [6, 6.07) is 10.4. The van der Waals surface area contributed by atoms with Gasteiger partial charge in [-0.15, -0.1) is 0 Å². The van der Waals surface area contributed by atoms with E-state index >= 15 is 0 Å². The first-order valence-electron chi connectivity index (χ1n) is 7.13. The summed E-state index contributed by atoms with van der Waals surface area (Å²) in [5.41, 5.74) is 0.668. The van der Waals surface area contributed by atoms with Gasteiger partial charge in [-0.2, -0.15) is 0 Å². The number of hydrogen-bond acceptors (Lipinski definition) is 3. The molecule has 4 nitrogen and oxygen atoms in total. The predicted octanol–water partition coefficient (Wildman–Crippen LogP) is 1.79. The SMILES string of the molecule is CCNC(C)(C)C(=O)NCC(c1ccccc1)N(C)C. The molecular formula is C16H27N3O. The van der Waals surface area contributed by atoms with Gasteiger partial charge in [0.25, 0.3) is 0 Å². The van der Waals surface area contributed by atoms with Gasteiger partial charge in [0.2, 0.25) is 5.91 Å². The standard InChI is InChI=1S/C16H27N3O/c1-6-18-16(2,3)15(20)17-12-14(19(4)5)13-10-8-7-9-11-13/h7-11,14,18H,6,12H2,1-5H3,(H,17,20). The zero-order chi connectivity index (χ0) is 15.2. The highest BCUT2D eigenvalue weighted by molar-refractivity contribution is 5.85. The number of likely N-dealkylation sites (N-methyl/N-ethyl adjacent to an activating group) is 2. The fraction of sp³-hybridized carbons (Fsp3) is 0.562. The van der Waals surface area contributed by atoms with Gasteiger partial charge in [0.1, 0.15) is 0 Å². The fourth-order valence-corrected chi connectivity index (χ4v) is 2.21. The van der Waals surface area contributed by atoms with Gasteiger partial charge in [0.05, 0.1) is 11.6 Å². The van der Waals surface area contributed by atoms with Gasteiger partial charge in [0.15, 0.2) is 0 Å². The third-order valence-electron chi connectivity index (χ3n) is 3.45. The van der Waals surface area contributed by atoms with Crippen molar-refractivity contribution in [3.63, 3.8) is 0 Å². The molecule has 1 rings (SSSR count). The van der Waals surface area contributed by atoms with Crippen LogP contribution in [0.25, 0.3) is 0 Å². The van der Waals surface area contributed by atoms with Crippen LogP contribution in [0, 0.1) is 0 Å². The molecule has 0 radical (unpaired) electrons. The zero-order valence-corrected chi connectivity index (χ0v) is 13.2. The van der Waals surface area contributed by atoms with E-state index in [1.165, 1.54) is 5.56 Å². The van der Waals surface area contributed by atoms with E-state index in [9.17, 15) is 4.79 Å². The van der Waals surface area contributed by atoms with Gasteiger partial charge in [-0.3, -0.25) is 4.79 Å². The third-order valence-corrected chi connectivity index (χ3v) is 3.45. The lowest BCUT2D eigenvalue weighted by atomic mass is 10.0. The van der Waals surface area contributed by atoms with Gasteiger partial charge >= 0.3 is 0 Å². The maximum Gasteiger partial charge on any atom is 0.239 e. The molecule has 2 N–H and O–H groups in total. The van der Waals surface area contributed by atoms with E-state index in [-0.39, 0.29) is 11.9 Å². The molecule has 0 spiro atoms. The minimum Gasteiger partial charge on any atom is -0.353 e. The summed E-state index contributed by atoms with van der Waals surface area (Å²) in [5, 5.41) is 6.23. The predicted molar refractivity (Wildman–Crippen MR) is 83.6 cm³/mol. The van der Waals surface area contributed by atoms with Gasteiger partial charge in [-0.1, -0.05) is 37.3 Å². The minimum absolute atomic E-state index is 0.0298. The molecule has 112 valence electrons. The summed E-state index contributed by atoms with van der Waals surface area (Å²) in [4.78, 5) is 14.3. The first-order chi connectivity index (χ1) is 9.38. The molecule has 0 fully saturated rings. The Balaban J connectivity index is 2.67. The molecule has 0 saturated heterocycles. The number of carbonyl (C=O) groups is 1. The molecule has 0 heterocycles. The fourth-order valence-electron chi connectivity index (χ4n) is 2.21. The summed E-state index contributed by atoms with van der Waals surface area (Å²) < 4.78 is 0. The molecule has 0 aliphatic carbocycles. The summed E-state index contributed by atoms with van der Waals surface area (Å²) in [6.45, 7) is 7.18. The summed E-state index contributed by atoms with van der Waals surface area (Å²) in [7, 11) is 4.05. The number of amides is 1. The monoisotopic (exact) mass is 277 g/mol. The van der Waals surface area contributed by atoms with Crippen LogP contribution < -0.4 is 10.6 Å². The van der Waals surface area contributed by atoms with Crippen LogP contribution >= 0.6 is 0 Å². The van der Waals surface area contributed by atoms with Crippen molar-refractivity contribution in [1.29, 1.82) is 0 Å². The molecule has 1 aromatic carbocycles. The number of benzene rings is 1. The molecule has 20 heavy (non-hydrogen) atoms. The zero-order valence-electron chi connectivity index (χ0n) is 13.2. The van der Waals surface area contributed by atoms with Crippen LogP contribution in [0.1, 0.15) is 32.4 Å². The quantitative estimate of drug-likeness (QED) is 0.799. The molecule has 1 amide bonds. The minimum atomic E-state index is -0.539. The van der Waals surface area contributed by atoms with Crippen molar-refractivity contribution in [1.82, 2.24) is 15.5 Å². The van der Waals surface area contributed by atoms with Crippen molar-refractivity contribution in [3.05, 3.63) is 35.9 Å². The second-order valence-electron chi connectivity index (χ2n) is 5.76. The largest absolute Gasteiger partial charge is 0.353 e. The van der Waals surface area contributed by atoms with Crippen molar-refractivity contribution in [3.8, 4) is 0 Å². The number of hydrogen-bond donors (Lipinski definition) is 2. The van der Waals surface area contributed by atoms with Crippen LogP contribution in [0.4, 0.5) is 0 Å². The molecule has 0 saturated carbocycles. The van der Waals surface area contributed by atoms with E-state index in [1.807, 2.05) is 53.1 Å². The molecular weight excluding hydrogens is 250 g/mol. The van der Waals surface area contributed by atoms with Crippen LogP contribution in [0.15, 0.2) is 30.3 Å². The van der Waals surface area contributed by atoms with E-state index in [4.69, 9.17) is 0 Å². The smallest absolute Gasteiger partial charge is 0.239 e. The van der Waals surface area contributed by atoms with E-state index in [0.29, 0.717) is 6.54 Å². The Kier molecular flexibility index (Phi) is 6.17. The second kappa shape index (κ2) is 7.41. The highest BCUT2D eigenvalue weighted by atomic mass is 16.2. The average molecular weight is 277 g/mol. The Hall–Kier alpha value is -1.39. The first-order valence-corrected chi connectivity index (χ1v) is 7.13. The van der Waals surface area contributed by atoms with Crippen LogP contribution in [-0.2, 0) is 4.79 Å². The van der Waals surface area contributed by atoms with Crippen molar-refractivity contribution in [2.75, 3.05) is 27.2 Å². The van der Waals surface area contributed by atoms with Crippen LogP contribution in [0.5, 0.6) is 0 Å². The summed E-state index contributed by atoms with van der Waals surface area (Å²) in [6.07, 6.45) is 0. The first kappa shape index (κ1) is 16.7. The van der Waals surface area contributed by atoms with Crippen molar-refractivity contribution >= 4 is 5.91 Å². The lowest BCUT2D eigenvalue weighted by molar-refractivity contribution is -0.126. The number of carbonyl (C=O) groups excluding carboxylic acids is 1. The van der Waals surface area contributed by atoms with Crippen molar-refractivity contribution < 1.29 is 4.79 Å².